The molecule has 0 aliphatic carbocycles. The number of amides is 2. The van der Waals surface area contributed by atoms with Crippen LogP contribution in [0.4, 0.5) is 0 Å². The molecule has 3 aromatic rings. The lowest BCUT2D eigenvalue weighted by atomic mass is 10.0. The van der Waals surface area contributed by atoms with E-state index >= 15 is 0 Å². The lowest BCUT2D eigenvalue weighted by Crippen LogP contribution is -2.34. The van der Waals surface area contributed by atoms with Crippen LogP contribution in [0.25, 0.3) is 10.8 Å². The van der Waals surface area contributed by atoms with Gasteiger partial charge in [0.1, 0.15) is 0 Å². The Balaban J connectivity index is 1.76. The smallest absolute Gasteiger partial charge is 0.303 e. The Morgan fingerprint density at radius 2 is 1.63 bits per heavy atom. The molecule has 1 aliphatic heterocycles. The first-order valence-corrected chi connectivity index (χ1v) is 9.60. The Hall–Kier alpha value is -2.99. The van der Waals surface area contributed by atoms with Gasteiger partial charge < -0.3 is 5.11 Å². The van der Waals surface area contributed by atoms with E-state index < -0.39 is 12.0 Å². The third kappa shape index (κ3) is 3.02. The molecule has 0 fully saturated rings. The van der Waals surface area contributed by atoms with Gasteiger partial charge in [0.15, 0.2) is 0 Å². The molecule has 1 unspecified atom stereocenters. The van der Waals surface area contributed by atoms with Crippen molar-refractivity contribution in [3.8, 4) is 0 Å². The molecule has 2 aromatic carbocycles. The SMILES string of the molecule is O=C(O)CCCC(c1scc2ccccc12)N1C(=O)c2ccccc2C1=O. The third-order valence-corrected chi connectivity index (χ3v) is 5.96. The first-order valence-electron chi connectivity index (χ1n) is 8.73. The molecule has 5 nitrogen and oxygen atoms in total. The minimum atomic E-state index is -0.882. The highest BCUT2D eigenvalue weighted by atomic mass is 32.1. The summed E-state index contributed by atoms with van der Waals surface area (Å²) in [6.45, 7) is 0. The zero-order valence-electron chi connectivity index (χ0n) is 14.4. The van der Waals surface area contributed by atoms with Crippen molar-refractivity contribution >= 4 is 39.9 Å². The Kier molecular flexibility index (Phi) is 4.49. The van der Waals surface area contributed by atoms with E-state index in [0.29, 0.717) is 24.0 Å². The zero-order chi connectivity index (χ0) is 19.0. The standard InChI is InChI=1S/C21H17NO4S/c23-18(24)11-5-10-17(19-14-7-2-1-6-13(14)12-27-19)22-20(25)15-8-3-4-9-16(15)21(22)26/h1-4,6-9,12,17H,5,10-11H2,(H,23,24). The van der Waals surface area contributed by atoms with Crippen molar-refractivity contribution in [3.05, 3.63) is 69.9 Å². The number of aliphatic carboxylic acids is 1. The van der Waals surface area contributed by atoms with Gasteiger partial charge in [0.25, 0.3) is 11.8 Å². The van der Waals surface area contributed by atoms with Crippen LogP contribution in [-0.4, -0.2) is 27.8 Å². The van der Waals surface area contributed by atoms with Crippen molar-refractivity contribution in [1.29, 1.82) is 0 Å². The topological polar surface area (TPSA) is 74.7 Å². The molecule has 4 rings (SSSR count). The number of carbonyl (C=O) groups excluding carboxylic acids is 2. The average Bonchev–Trinajstić information content (AvgIpc) is 3.20. The predicted octanol–water partition coefficient (Wildman–Crippen LogP) is 4.49. The minimum Gasteiger partial charge on any atom is -0.481 e. The van der Waals surface area contributed by atoms with E-state index in [9.17, 15) is 14.4 Å². The Morgan fingerprint density at radius 1 is 1.00 bits per heavy atom. The van der Waals surface area contributed by atoms with Crippen LogP contribution < -0.4 is 0 Å². The lowest BCUT2D eigenvalue weighted by molar-refractivity contribution is -0.137. The third-order valence-electron chi connectivity index (χ3n) is 4.85. The van der Waals surface area contributed by atoms with Gasteiger partial charge in [-0.15, -0.1) is 11.3 Å². The molecule has 0 spiro atoms. The summed E-state index contributed by atoms with van der Waals surface area (Å²) in [6.07, 6.45) is 0.810. The molecule has 2 heterocycles. The van der Waals surface area contributed by atoms with Gasteiger partial charge in [-0.05, 0) is 41.1 Å². The largest absolute Gasteiger partial charge is 0.481 e. The highest BCUT2D eigenvalue weighted by molar-refractivity contribution is 7.11. The number of nitrogens with zero attached hydrogens (tertiary/aromatic N) is 1. The van der Waals surface area contributed by atoms with Gasteiger partial charge in [-0.3, -0.25) is 19.3 Å². The monoisotopic (exact) mass is 379 g/mol. The molecule has 1 aliphatic rings. The highest BCUT2D eigenvalue weighted by Gasteiger charge is 2.41. The van der Waals surface area contributed by atoms with Crippen molar-refractivity contribution < 1.29 is 19.5 Å². The molecule has 0 radical (unpaired) electrons. The molecular weight excluding hydrogens is 362 g/mol. The molecular formula is C21H17NO4S. The van der Waals surface area contributed by atoms with E-state index in [1.807, 2.05) is 29.6 Å². The molecule has 27 heavy (non-hydrogen) atoms. The summed E-state index contributed by atoms with van der Waals surface area (Å²) in [6, 6.07) is 14.2. The number of imide groups is 1. The molecule has 136 valence electrons. The Labute approximate surface area is 159 Å². The number of carbonyl (C=O) groups is 3. The van der Waals surface area contributed by atoms with Gasteiger partial charge in [0.05, 0.1) is 17.2 Å². The molecule has 0 saturated heterocycles. The van der Waals surface area contributed by atoms with Crippen molar-refractivity contribution in [2.24, 2.45) is 0 Å². The Bertz CT molecular complexity index is 1020. The van der Waals surface area contributed by atoms with E-state index in [2.05, 4.69) is 0 Å². The number of hydrogen-bond donors (Lipinski definition) is 1. The van der Waals surface area contributed by atoms with E-state index in [4.69, 9.17) is 5.11 Å². The molecule has 6 heteroatoms. The van der Waals surface area contributed by atoms with Gasteiger partial charge >= 0.3 is 5.97 Å². The number of hydrogen-bond acceptors (Lipinski definition) is 4. The van der Waals surface area contributed by atoms with Gasteiger partial charge in [-0.1, -0.05) is 36.4 Å². The van der Waals surface area contributed by atoms with Crippen LogP contribution >= 0.6 is 11.3 Å². The summed E-state index contributed by atoms with van der Waals surface area (Å²) in [5, 5.41) is 13.1. The van der Waals surface area contributed by atoms with E-state index in [1.54, 1.807) is 24.3 Å². The lowest BCUT2D eigenvalue weighted by Gasteiger charge is -2.26. The summed E-state index contributed by atoms with van der Waals surface area (Å²) in [5.74, 6) is -1.51. The van der Waals surface area contributed by atoms with Gasteiger partial charge in [-0.2, -0.15) is 0 Å². The van der Waals surface area contributed by atoms with Crippen LogP contribution in [0, 0.1) is 0 Å². The quantitative estimate of drug-likeness (QED) is 0.640. The molecule has 0 saturated carbocycles. The molecule has 2 amide bonds. The summed E-state index contributed by atoms with van der Waals surface area (Å²) < 4.78 is 0. The molecule has 1 atom stereocenters. The average molecular weight is 379 g/mol. The second-order valence-electron chi connectivity index (χ2n) is 6.51. The van der Waals surface area contributed by atoms with E-state index in [-0.39, 0.29) is 18.2 Å². The second kappa shape index (κ2) is 6.96. The minimum absolute atomic E-state index is 0.00295. The maximum atomic E-state index is 13.0. The maximum Gasteiger partial charge on any atom is 0.303 e. The van der Waals surface area contributed by atoms with Gasteiger partial charge in [-0.25, -0.2) is 0 Å². The summed E-state index contributed by atoms with van der Waals surface area (Å²) >= 11 is 1.51. The van der Waals surface area contributed by atoms with E-state index in [1.165, 1.54) is 16.2 Å². The maximum absolute atomic E-state index is 13.0. The number of carboxylic acids is 1. The number of fused-ring (bicyclic) bond motifs is 2. The van der Waals surface area contributed by atoms with Crippen LogP contribution in [0.15, 0.2) is 53.9 Å². The molecule has 1 N–H and O–H groups in total. The number of thiophene rings is 1. The zero-order valence-corrected chi connectivity index (χ0v) is 15.2. The van der Waals surface area contributed by atoms with Gasteiger partial charge in [0, 0.05) is 11.3 Å². The first kappa shape index (κ1) is 17.4. The van der Waals surface area contributed by atoms with Crippen molar-refractivity contribution in [2.45, 2.75) is 25.3 Å². The van der Waals surface area contributed by atoms with Crippen molar-refractivity contribution in [1.82, 2.24) is 4.90 Å². The van der Waals surface area contributed by atoms with Gasteiger partial charge in [0.2, 0.25) is 0 Å². The fourth-order valence-corrected chi connectivity index (χ4v) is 4.74. The second-order valence-corrected chi connectivity index (χ2v) is 7.43. The summed E-state index contributed by atoms with van der Waals surface area (Å²) in [5.41, 5.74) is 0.818. The molecule has 1 aromatic heterocycles. The van der Waals surface area contributed by atoms with Crippen LogP contribution in [0.2, 0.25) is 0 Å². The first-order chi connectivity index (χ1) is 13.1. The number of rotatable bonds is 6. The highest BCUT2D eigenvalue weighted by Crippen LogP contribution is 2.40. The van der Waals surface area contributed by atoms with Crippen LogP contribution in [0.1, 0.15) is 50.9 Å². The van der Waals surface area contributed by atoms with Crippen molar-refractivity contribution in [3.63, 3.8) is 0 Å². The van der Waals surface area contributed by atoms with Crippen LogP contribution in [0.5, 0.6) is 0 Å². The fraction of sp³-hybridized carbons (Fsp3) is 0.190. The van der Waals surface area contributed by atoms with Crippen LogP contribution in [-0.2, 0) is 4.79 Å². The fourth-order valence-electron chi connectivity index (χ4n) is 3.59. The number of carboxylic acid groups (broad SMARTS) is 1. The Morgan fingerprint density at radius 3 is 2.30 bits per heavy atom. The number of benzene rings is 2. The van der Waals surface area contributed by atoms with E-state index in [0.717, 1.165) is 15.6 Å². The van der Waals surface area contributed by atoms with Crippen molar-refractivity contribution in [2.75, 3.05) is 0 Å². The normalized spacial score (nSPS) is 14.6. The summed E-state index contributed by atoms with van der Waals surface area (Å²) in [4.78, 5) is 39.1. The predicted molar refractivity (Wildman–Crippen MR) is 103 cm³/mol. The molecule has 0 bridgehead atoms. The summed E-state index contributed by atoms with van der Waals surface area (Å²) in [7, 11) is 0. The van der Waals surface area contributed by atoms with Crippen LogP contribution in [0.3, 0.4) is 0 Å².